The SMILES string of the molecule is CC(C)(C)c1ccc(OCCCCCCCCOP(=O)(O)OC(CC(=O)O)C[N+](C)(C)C)cc1. The summed E-state index contributed by atoms with van der Waals surface area (Å²) >= 11 is 0. The van der Waals surface area contributed by atoms with Gasteiger partial charge in [0.05, 0.1) is 40.8 Å². The molecule has 1 aromatic carbocycles. The van der Waals surface area contributed by atoms with Gasteiger partial charge in [-0.2, -0.15) is 0 Å². The second-order valence-corrected chi connectivity index (χ2v) is 12.3. The smallest absolute Gasteiger partial charge is 0.472 e. The Hall–Kier alpha value is -1.44. The Balaban J connectivity index is 2.15. The Morgan fingerprint density at radius 3 is 2.00 bits per heavy atom. The van der Waals surface area contributed by atoms with Gasteiger partial charge in [0.15, 0.2) is 0 Å². The number of carboxylic acids is 1. The molecule has 0 saturated carbocycles. The third-order valence-corrected chi connectivity index (χ3v) is 6.29. The minimum atomic E-state index is -4.29. The Bertz CT molecular complexity index is 769. The van der Waals surface area contributed by atoms with Crippen molar-refractivity contribution in [1.82, 2.24) is 0 Å². The molecule has 1 aromatic rings. The van der Waals surface area contributed by atoms with Crippen LogP contribution < -0.4 is 4.74 Å². The zero-order valence-electron chi connectivity index (χ0n) is 21.8. The molecule has 0 aliphatic rings. The van der Waals surface area contributed by atoms with Crippen LogP contribution in [0.4, 0.5) is 0 Å². The monoisotopic (exact) mass is 502 g/mol. The fourth-order valence-electron chi connectivity index (χ4n) is 3.49. The number of hydrogen-bond donors (Lipinski definition) is 2. The van der Waals surface area contributed by atoms with Crippen molar-refractivity contribution < 1.29 is 37.6 Å². The highest BCUT2D eigenvalue weighted by Crippen LogP contribution is 2.45. The molecule has 0 aliphatic heterocycles. The molecular weight excluding hydrogens is 457 g/mol. The van der Waals surface area contributed by atoms with Gasteiger partial charge in [0.25, 0.3) is 0 Å². The number of carboxylic acid groups (broad SMARTS) is 1. The molecule has 0 aliphatic carbocycles. The van der Waals surface area contributed by atoms with Gasteiger partial charge >= 0.3 is 13.8 Å². The summed E-state index contributed by atoms with van der Waals surface area (Å²) in [4.78, 5) is 21.0. The number of phosphoric acid groups is 1. The number of phosphoric ester groups is 1. The van der Waals surface area contributed by atoms with Crippen LogP contribution in [0.2, 0.25) is 0 Å². The number of unbranched alkanes of at least 4 members (excludes halogenated alkanes) is 5. The van der Waals surface area contributed by atoms with Gasteiger partial charge in [0, 0.05) is 0 Å². The minimum absolute atomic E-state index is 0.103. The van der Waals surface area contributed by atoms with E-state index in [4.69, 9.17) is 18.9 Å². The molecule has 0 bridgehead atoms. The van der Waals surface area contributed by atoms with E-state index in [2.05, 4.69) is 32.9 Å². The lowest BCUT2D eigenvalue weighted by Gasteiger charge is -2.29. The first kappa shape index (κ1) is 30.6. The maximum Gasteiger partial charge on any atom is 0.472 e. The second-order valence-electron chi connectivity index (χ2n) is 10.8. The third-order valence-electron chi connectivity index (χ3n) is 5.22. The first-order chi connectivity index (χ1) is 15.7. The number of quaternary nitrogens is 1. The highest BCUT2D eigenvalue weighted by molar-refractivity contribution is 7.47. The molecule has 2 atom stereocenters. The molecule has 9 heteroatoms. The maximum absolute atomic E-state index is 12.2. The van der Waals surface area contributed by atoms with Crippen molar-refractivity contribution in [1.29, 1.82) is 0 Å². The lowest BCUT2D eigenvalue weighted by atomic mass is 9.87. The number of hydrogen-bond acceptors (Lipinski definition) is 5. The molecule has 0 spiro atoms. The van der Waals surface area contributed by atoms with Crippen molar-refractivity contribution in [3.05, 3.63) is 29.8 Å². The number of likely N-dealkylation sites (N-methyl/N-ethyl adjacent to an activating group) is 1. The lowest BCUT2D eigenvalue weighted by Crippen LogP contribution is -2.42. The standard InChI is InChI=1S/C25H44NO7P/c1-25(2,3)21-13-15-22(16-14-21)31-17-11-9-7-8-10-12-18-32-34(29,30)33-23(19-24(27)28)20-26(4,5)6/h13-16,23H,7-12,17-20H2,1-6H3,(H-,27,28,29,30)/p+1. The number of rotatable bonds is 17. The van der Waals surface area contributed by atoms with Gasteiger partial charge in [0.1, 0.15) is 18.4 Å². The zero-order valence-corrected chi connectivity index (χ0v) is 22.7. The van der Waals surface area contributed by atoms with Gasteiger partial charge in [0.2, 0.25) is 0 Å². The van der Waals surface area contributed by atoms with Gasteiger partial charge in [-0.05, 0) is 36.0 Å². The van der Waals surface area contributed by atoms with Crippen molar-refractivity contribution in [2.24, 2.45) is 0 Å². The first-order valence-electron chi connectivity index (χ1n) is 12.1. The van der Waals surface area contributed by atoms with E-state index in [1.54, 1.807) is 0 Å². The summed E-state index contributed by atoms with van der Waals surface area (Å²) in [5.41, 5.74) is 1.43. The molecule has 2 unspecified atom stereocenters. The van der Waals surface area contributed by atoms with Crippen molar-refractivity contribution in [2.45, 2.75) is 77.2 Å². The number of nitrogens with zero attached hydrogens (tertiary/aromatic N) is 1. The topological polar surface area (TPSA) is 102 Å². The summed E-state index contributed by atoms with van der Waals surface area (Å²) in [7, 11) is 1.28. The van der Waals surface area contributed by atoms with Crippen LogP contribution in [0, 0.1) is 0 Å². The van der Waals surface area contributed by atoms with E-state index in [-0.39, 0.29) is 25.0 Å². The molecule has 1 rings (SSSR count). The number of benzene rings is 1. The predicted octanol–water partition coefficient (Wildman–Crippen LogP) is 5.39. The molecule has 0 heterocycles. The average Bonchev–Trinajstić information content (AvgIpc) is 2.66. The van der Waals surface area contributed by atoms with Crippen LogP contribution in [0.3, 0.4) is 0 Å². The van der Waals surface area contributed by atoms with Gasteiger partial charge in [-0.15, -0.1) is 0 Å². The van der Waals surface area contributed by atoms with Crippen molar-refractivity contribution in [2.75, 3.05) is 40.9 Å². The summed E-state index contributed by atoms with van der Waals surface area (Å²) in [6.07, 6.45) is 4.38. The summed E-state index contributed by atoms with van der Waals surface area (Å²) in [6, 6.07) is 8.28. The number of aliphatic carboxylic acids is 1. The molecule has 0 aromatic heterocycles. The van der Waals surface area contributed by atoms with E-state index in [1.165, 1.54) is 5.56 Å². The van der Waals surface area contributed by atoms with Crippen LogP contribution in [0.5, 0.6) is 5.75 Å². The highest BCUT2D eigenvalue weighted by atomic mass is 31.2. The third kappa shape index (κ3) is 14.7. The fraction of sp³-hybridized carbons (Fsp3) is 0.720. The van der Waals surface area contributed by atoms with Crippen molar-refractivity contribution in [3.63, 3.8) is 0 Å². The van der Waals surface area contributed by atoms with Gasteiger partial charge in [-0.25, -0.2) is 4.57 Å². The number of carbonyl (C=O) groups is 1. The van der Waals surface area contributed by atoms with Gasteiger partial charge < -0.3 is 19.2 Å². The maximum atomic E-state index is 12.2. The largest absolute Gasteiger partial charge is 0.494 e. The highest BCUT2D eigenvalue weighted by Gasteiger charge is 2.31. The summed E-state index contributed by atoms with van der Waals surface area (Å²) in [5.74, 6) is -0.185. The van der Waals surface area contributed by atoms with Crippen molar-refractivity contribution in [3.8, 4) is 5.75 Å². The molecule has 0 amide bonds. The quantitative estimate of drug-likeness (QED) is 0.167. The number of ether oxygens (including phenoxy) is 1. The van der Waals surface area contributed by atoms with Gasteiger partial charge in [-0.3, -0.25) is 13.8 Å². The van der Waals surface area contributed by atoms with E-state index in [1.807, 2.05) is 33.3 Å². The molecular formula is C25H45NO7P+. The Kier molecular flexibility index (Phi) is 12.8. The van der Waals surface area contributed by atoms with E-state index in [9.17, 15) is 14.3 Å². The molecule has 2 N–H and O–H groups in total. The molecule has 34 heavy (non-hydrogen) atoms. The Morgan fingerprint density at radius 2 is 1.50 bits per heavy atom. The van der Waals surface area contributed by atoms with E-state index >= 15 is 0 Å². The van der Waals surface area contributed by atoms with Crippen LogP contribution in [-0.2, 0) is 23.8 Å². The van der Waals surface area contributed by atoms with E-state index in [0.717, 1.165) is 37.9 Å². The summed E-state index contributed by atoms with van der Waals surface area (Å²) < 4.78 is 28.6. The molecule has 8 nitrogen and oxygen atoms in total. The summed E-state index contributed by atoms with van der Waals surface area (Å²) in [5, 5.41) is 9.02. The van der Waals surface area contributed by atoms with Crippen LogP contribution in [0.1, 0.15) is 71.3 Å². The molecule has 196 valence electrons. The second kappa shape index (κ2) is 14.2. The normalized spacial score (nSPS) is 15.0. The average molecular weight is 503 g/mol. The van der Waals surface area contributed by atoms with Crippen LogP contribution in [-0.4, -0.2) is 67.5 Å². The predicted molar refractivity (Wildman–Crippen MR) is 134 cm³/mol. The Morgan fingerprint density at radius 1 is 0.971 bits per heavy atom. The van der Waals surface area contributed by atoms with E-state index < -0.39 is 19.9 Å². The molecule has 0 fully saturated rings. The first-order valence-corrected chi connectivity index (χ1v) is 13.6. The fourth-order valence-corrected chi connectivity index (χ4v) is 4.43. The zero-order chi connectivity index (χ0) is 25.8. The Labute approximate surface area is 205 Å². The molecule has 0 saturated heterocycles. The minimum Gasteiger partial charge on any atom is -0.494 e. The van der Waals surface area contributed by atoms with Crippen LogP contribution in [0.25, 0.3) is 0 Å². The molecule has 0 radical (unpaired) electrons. The van der Waals surface area contributed by atoms with Gasteiger partial charge in [-0.1, -0.05) is 58.6 Å². The lowest BCUT2D eigenvalue weighted by molar-refractivity contribution is -0.873. The van der Waals surface area contributed by atoms with Crippen LogP contribution in [0.15, 0.2) is 24.3 Å². The van der Waals surface area contributed by atoms with Crippen LogP contribution >= 0.6 is 7.82 Å². The summed E-state index contributed by atoms with van der Waals surface area (Å²) in [6.45, 7) is 7.65. The van der Waals surface area contributed by atoms with E-state index in [0.29, 0.717) is 17.5 Å². The van der Waals surface area contributed by atoms with Crippen molar-refractivity contribution >= 4 is 13.8 Å².